The predicted molar refractivity (Wildman–Crippen MR) is 127 cm³/mol. The predicted octanol–water partition coefficient (Wildman–Crippen LogP) is 3.35. The van der Waals surface area contributed by atoms with Gasteiger partial charge in [0.25, 0.3) is 5.91 Å². The molecule has 0 spiro atoms. The minimum absolute atomic E-state index is 0.0476. The van der Waals surface area contributed by atoms with Crippen molar-refractivity contribution >= 4 is 28.5 Å². The van der Waals surface area contributed by atoms with Crippen molar-refractivity contribution in [2.75, 3.05) is 6.54 Å². The summed E-state index contributed by atoms with van der Waals surface area (Å²) in [4.78, 5) is 42.6. The number of benzene rings is 3. The molecule has 3 aromatic carbocycles. The van der Waals surface area contributed by atoms with E-state index in [1.54, 1.807) is 24.3 Å². The van der Waals surface area contributed by atoms with E-state index in [0.29, 0.717) is 24.1 Å². The number of carbonyl (C=O) groups excluding carboxylic acids is 3. The summed E-state index contributed by atoms with van der Waals surface area (Å²) in [6, 6.07) is 21.4. The number of hydrogen-bond acceptors (Lipinski definition) is 3. The first kappa shape index (κ1) is 21.7. The van der Waals surface area contributed by atoms with Gasteiger partial charge in [-0.15, -0.1) is 0 Å². The zero-order chi connectivity index (χ0) is 23.7. The van der Waals surface area contributed by atoms with E-state index in [9.17, 15) is 14.4 Å². The molecule has 1 atom stereocenters. The highest BCUT2D eigenvalue weighted by atomic mass is 16.2. The van der Waals surface area contributed by atoms with Gasteiger partial charge in [-0.25, -0.2) is 6.57 Å². The first-order valence-electron chi connectivity index (χ1n) is 11.4. The number of likely N-dealkylation sites (tertiary alicyclic amines) is 1. The van der Waals surface area contributed by atoms with Crippen LogP contribution in [0.3, 0.4) is 0 Å². The number of nitrogens with one attached hydrogen (secondary N) is 2. The van der Waals surface area contributed by atoms with Gasteiger partial charge in [-0.05, 0) is 40.8 Å². The Morgan fingerprint density at radius 2 is 1.74 bits per heavy atom. The van der Waals surface area contributed by atoms with Gasteiger partial charge in [0, 0.05) is 18.7 Å². The molecule has 3 aromatic rings. The highest BCUT2D eigenvalue weighted by molar-refractivity contribution is 6.35. The average Bonchev–Trinajstić information content (AvgIpc) is 3.62. The van der Waals surface area contributed by atoms with E-state index >= 15 is 0 Å². The van der Waals surface area contributed by atoms with Crippen LogP contribution in [0.2, 0.25) is 0 Å². The van der Waals surface area contributed by atoms with Crippen LogP contribution in [0.15, 0.2) is 66.7 Å². The van der Waals surface area contributed by atoms with E-state index in [4.69, 9.17) is 6.57 Å². The molecule has 34 heavy (non-hydrogen) atoms. The topological polar surface area (TPSA) is 82.9 Å². The summed E-state index contributed by atoms with van der Waals surface area (Å²) in [6.45, 7) is 7.53. The summed E-state index contributed by atoms with van der Waals surface area (Å²) in [5.41, 5.74) is 1.79. The smallest absolute Gasteiger partial charge is 0.317 e. The fourth-order valence-electron chi connectivity index (χ4n) is 4.54. The van der Waals surface area contributed by atoms with E-state index < -0.39 is 23.5 Å². The molecule has 1 aliphatic heterocycles. The molecule has 1 saturated heterocycles. The van der Waals surface area contributed by atoms with Crippen molar-refractivity contribution in [1.82, 2.24) is 15.5 Å². The lowest BCUT2D eigenvalue weighted by atomic mass is 9.96. The fraction of sp³-hybridized carbons (Fsp3) is 0.259. The summed E-state index contributed by atoms with van der Waals surface area (Å²) in [5, 5.41) is 8.11. The van der Waals surface area contributed by atoms with Crippen LogP contribution in [-0.4, -0.2) is 35.3 Å². The van der Waals surface area contributed by atoms with Crippen molar-refractivity contribution in [3.05, 3.63) is 94.8 Å². The molecule has 7 heteroatoms. The lowest BCUT2D eigenvalue weighted by Crippen LogP contribution is -2.54. The molecule has 2 N–H and O–H groups in total. The van der Waals surface area contributed by atoms with Crippen molar-refractivity contribution in [3.63, 3.8) is 0 Å². The van der Waals surface area contributed by atoms with Gasteiger partial charge in [-0.2, -0.15) is 0 Å². The van der Waals surface area contributed by atoms with Crippen molar-refractivity contribution in [3.8, 4) is 0 Å². The van der Waals surface area contributed by atoms with E-state index in [0.717, 1.165) is 29.2 Å². The van der Waals surface area contributed by atoms with Crippen LogP contribution in [0, 0.1) is 6.57 Å². The maximum absolute atomic E-state index is 13.3. The normalized spacial score (nSPS) is 17.9. The van der Waals surface area contributed by atoms with Crippen LogP contribution in [0.4, 0.5) is 0 Å². The molecule has 1 heterocycles. The van der Waals surface area contributed by atoms with Crippen LogP contribution in [-0.2, 0) is 21.7 Å². The molecule has 170 valence electrons. The van der Waals surface area contributed by atoms with Crippen LogP contribution in [0.5, 0.6) is 0 Å². The molecule has 2 aliphatic rings. The first-order chi connectivity index (χ1) is 16.5. The quantitative estimate of drug-likeness (QED) is 0.460. The van der Waals surface area contributed by atoms with Gasteiger partial charge in [-0.1, -0.05) is 60.7 Å². The minimum atomic E-state index is -0.766. The van der Waals surface area contributed by atoms with Crippen molar-refractivity contribution in [2.24, 2.45) is 0 Å². The number of hydrogen-bond donors (Lipinski definition) is 2. The van der Waals surface area contributed by atoms with Crippen LogP contribution in [0.1, 0.15) is 40.7 Å². The van der Waals surface area contributed by atoms with Gasteiger partial charge in [-0.3, -0.25) is 24.1 Å². The lowest BCUT2D eigenvalue weighted by molar-refractivity contribution is -0.150. The second-order valence-electron chi connectivity index (χ2n) is 8.80. The maximum Gasteiger partial charge on any atom is 0.317 e. The van der Waals surface area contributed by atoms with Gasteiger partial charge < -0.3 is 10.6 Å². The second-order valence-corrected chi connectivity index (χ2v) is 8.80. The molecular weight excluding hydrogens is 428 g/mol. The Morgan fingerprint density at radius 3 is 2.47 bits per heavy atom. The van der Waals surface area contributed by atoms with Gasteiger partial charge >= 0.3 is 18.0 Å². The zero-order valence-corrected chi connectivity index (χ0v) is 18.6. The summed E-state index contributed by atoms with van der Waals surface area (Å²) < 4.78 is 0. The van der Waals surface area contributed by atoms with Crippen molar-refractivity contribution in [1.29, 1.82) is 0 Å². The lowest BCUT2D eigenvalue weighted by Gasteiger charge is -2.31. The summed E-state index contributed by atoms with van der Waals surface area (Å²) in [7, 11) is 0. The molecule has 0 bridgehead atoms. The van der Waals surface area contributed by atoms with Gasteiger partial charge in [0.15, 0.2) is 0 Å². The van der Waals surface area contributed by atoms with Crippen LogP contribution < -0.4 is 10.6 Å². The van der Waals surface area contributed by atoms with Crippen molar-refractivity contribution in [2.45, 2.75) is 37.5 Å². The molecular formula is C27H24N4O3. The van der Waals surface area contributed by atoms with Crippen LogP contribution >= 0.6 is 0 Å². The van der Waals surface area contributed by atoms with E-state index in [1.165, 1.54) is 4.90 Å². The molecule has 0 aromatic heterocycles. The zero-order valence-electron chi connectivity index (χ0n) is 18.6. The third-order valence-electron chi connectivity index (χ3n) is 6.70. The SMILES string of the molecule is [C-]#[N+][C@@H]1CCN1C(=O)C(=O)NCc1ccccc1C(=O)NC1(c2cccc3ccccc23)CC1. The molecule has 5 rings (SSSR count). The monoisotopic (exact) mass is 452 g/mol. The molecule has 3 amide bonds. The summed E-state index contributed by atoms with van der Waals surface area (Å²) in [6.07, 6.45) is 1.75. The Kier molecular flexibility index (Phi) is 5.50. The van der Waals surface area contributed by atoms with Gasteiger partial charge in [0.05, 0.1) is 12.0 Å². The summed E-state index contributed by atoms with van der Waals surface area (Å²) in [5.74, 6) is -1.68. The Balaban J connectivity index is 1.31. The largest absolute Gasteiger partial charge is 0.344 e. The molecule has 1 aliphatic carbocycles. The van der Waals surface area contributed by atoms with Gasteiger partial charge in [0.1, 0.15) is 0 Å². The molecule has 1 saturated carbocycles. The minimum Gasteiger partial charge on any atom is -0.344 e. The Hall–Kier alpha value is -4.18. The Labute approximate surface area is 197 Å². The highest BCUT2D eigenvalue weighted by Crippen LogP contribution is 2.48. The number of amides is 3. The average molecular weight is 453 g/mol. The van der Waals surface area contributed by atoms with Gasteiger partial charge in [0.2, 0.25) is 0 Å². The number of nitrogens with zero attached hydrogens (tertiary/aromatic N) is 2. The highest BCUT2D eigenvalue weighted by Gasteiger charge is 2.46. The summed E-state index contributed by atoms with van der Waals surface area (Å²) >= 11 is 0. The van der Waals surface area contributed by atoms with Crippen LogP contribution in [0.25, 0.3) is 15.6 Å². The number of carbonyl (C=O) groups is 3. The molecule has 0 radical (unpaired) electrons. The van der Waals surface area contributed by atoms with E-state index in [2.05, 4.69) is 39.7 Å². The number of rotatable bonds is 5. The fourth-order valence-corrected chi connectivity index (χ4v) is 4.54. The molecule has 0 unspecified atom stereocenters. The Bertz CT molecular complexity index is 1330. The van der Waals surface area contributed by atoms with E-state index in [-0.39, 0.29) is 12.5 Å². The maximum atomic E-state index is 13.3. The Morgan fingerprint density at radius 1 is 1.00 bits per heavy atom. The van der Waals surface area contributed by atoms with E-state index in [1.807, 2.05) is 18.2 Å². The third kappa shape index (κ3) is 3.88. The molecule has 2 fully saturated rings. The molecule has 7 nitrogen and oxygen atoms in total. The number of fused-ring (bicyclic) bond motifs is 1. The standard InChI is InChI=1S/C27H24N4O3/c1-28-23-13-16-31(23)26(34)25(33)29-17-19-8-3-5-11-21(19)24(32)30-27(14-15-27)22-12-6-9-18-7-2-4-10-20(18)22/h2-12,23H,13-17H2,(H,29,33)(H,30,32)/t23-/m0/s1. The third-order valence-corrected chi connectivity index (χ3v) is 6.70. The second kappa shape index (κ2) is 8.64. The first-order valence-corrected chi connectivity index (χ1v) is 11.4. The van der Waals surface area contributed by atoms with Crippen molar-refractivity contribution < 1.29 is 14.4 Å².